The lowest BCUT2D eigenvalue weighted by molar-refractivity contribution is -0.114. The van der Waals surface area contributed by atoms with E-state index in [1.165, 1.54) is 17.1 Å². The van der Waals surface area contributed by atoms with Gasteiger partial charge < -0.3 is 21.4 Å². The van der Waals surface area contributed by atoms with E-state index in [1.807, 2.05) is 12.3 Å². The summed E-state index contributed by atoms with van der Waals surface area (Å²) in [6.07, 6.45) is 4.45. The lowest BCUT2D eigenvalue weighted by atomic mass is 10.1. The van der Waals surface area contributed by atoms with Gasteiger partial charge in [0.05, 0.1) is 5.56 Å². The summed E-state index contributed by atoms with van der Waals surface area (Å²) in [4.78, 5) is 28.3. The van der Waals surface area contributed by atoms with Gasteiger partial charge in [0.2, 0.25) is 0 Å². The summed E-state index contributed by atoms with van der Waals surface area (Å²) in [6, 6.07) is 11.6. The number of nitrogens with two attached hydrogens (primary N) is 2. The lowest BCUT2D eigenvalue weighted by Gasteiger charge is -1.95. The van der Waals surface area contributed by atoms with Crippen LogP contribution in [0.15, 0.2) is 57.7 Å². The van der Waals surface area contributed by atoms with Crippen LogP contribution in [0.4, 0.5) is 0 Å². The number of Topliss-reactive ketones (excluding diaryl/α,β-unsaturated/α-hetero) is 1. The molecule has 0 fully saturated rings. The number of rotatable bonds is 4. The van der Waals surface area contributed by atoms with Gasteiger partial charge in [-0.25, -0.2) is 0 Å². The molecular weight excluding hydrogens is 488 g/mol. The third-order valence-electron chi connectivity index (χ3n) is 4.26. The summed E-state index contributed by atoms with van der Waals surface area (Å²) in [7, 11) is 0. The average molecular weight is 506 g/mol. The second-order valence-electron chi connectivity index (χ2n) is 6.13. The number of aromatic amines is 2. The Balaban J connectivity index is 0.000000162. The van der Waals surface area contributed by atoms with Crippen molar-refractivity contribution < 1.29 is 9.59 Å². The van der Waals surface area contributed by atoms with Gasteiger partial charge >= 0.3 is 0 Å². The molecule has 6 nitrogen and oxygen atoms in total. The molecule has 4 aromatic rings. The molecule has 2 heterocycles. The summed E-state index contributed by atoms with van der Waals surface area (Å²) >= 11 is 6.75. The summed E-state index contributed by atoms with van der Waals surface area (Å²) in [5, 5.41) is 1.97. The van der Waals surface area contributed by atoms with Crippen molar-refractivity contribution in [1.82, 2.24) is 9.97 Å². The van der Waals surface area contributed by atoms with Crippen molar-refractivity contribution in [2.45, 2.75) is 6.42 Å². The largest absolute Gasteiger partial charge is 0.363 e. The molecule has 0 aliphatic carbocycles. The zero-order valence-electron chi connectivity index (χ0n) is 14.8. The van der Waals surface area contributed by atoms with Crippen molar-refractivity contribution in [3.8, 4) is 0 Å². The highest BCUT2D eigenvalue weighted by molar-refractivity contribution is 9.10. The van der Waals surface area contributed by atoms with Crippen LogP contribution >= 0.6 is 31.9 Å². The Hall–Kier alpha value is -2.42. The van der Waals surface area contributed by atoms with E-state index in [2.05, 4.69) is 60.0 Å². The van der Waals surface area contributed by atoms with Gasteiger partial charge in [0.15, 0.2) is 0 Å². The van der Waals surface area contributed by atoms with Gasteiger partial charge in [-0.05, 0) is 42.8 Å². The van der Waals surface area contributed by atoms with Crippen LogP contribution in [0.2, 0.25) is 0 Å². The highest BCUT2D eigenvalue weighted by Gasteiger charge is 2.16. The fraction of sp³-hybridized carbons (Fsp3) is 0.100. The van der Waals surface area contributed by atoms with E-state index in [4.69, 9.17) is 11.5 Å². The van der Waals surface area contributed by atoms with Crippen molar-refractivity contribution in [3.05, 3.63) is 68.9 Å². The van der Waals surface area contributed by atoms with Crippen LogP contribution < -0.4 is 11.5 Å². The molecule has 2 aromatic heterocycles. The molecule has 6 N–H and O–H groups in total. The molecule has 2 aromatic carbocycles. The van der Waals surface area contributed by atoms with Crippen LogP contribution in [0, 0.1) is 0 Å². The first-order chi connectivity index (χ1) is 13.4. The van der Waals surface area contributed by atoms with E-state index in [-0.39, 0.29) is 0 Å². The molecule has 0 saturated carbocycles. The van der Waals surface area contributed by atoms with Gasteiger partial charge in [0, 0.05) is 43.1 Å². The number of fused-ring (bicyclic) bond motifs is 2. The normalized spacial score (nSPS) is 10.7. The van der Waals surface area contributed by atoms with Crippen molar-refractivity contribution >= 4 is 65.4 Å². The maximum absolute atomic E-state index is 11.4. The minimum Gasteiger partial charge on any atom is -0.363 e. The van der Waals surface area contributed by atoms with Crippen molar-refractivity contribution in [2.75, 3.05) is 6.54 Å². The maximum Gasteiger partial charge on any atom is 0.289 e. The molecule has 28 heavy (non-hydrogen) atoms. The minimum atomic E-state index is -0.946. The molecule has 144 valence electrons. The number of primary amides is 1. The first kappa shape index (κ1) is 20.3. The quantitative estimate of drug-likeness (QED) is 0.247. The number of hydrogen-bond acceptors (Lipinski definition) is 3. The van der Waals surface area contributed by atoms with E-state index >= 15 is 0 Å². The summed E-state index contributed by atoms with van der Waals surface area (Å²) in [5.41, 5.74) is 14.0. The van der Waals surface area contributed by atoms with E-state index < -0.39 is 11.7 Å². The van der Waals surface area contributed by atoms with Crippen LogP contribution in [0.1, 0.15) is 15.9 Å². The van der Waals surface area contributed by atoms with E-state index in [0.29, 0.717) is 17.5 Å². The molecule has 0 saturated heterocycles. The predicted molar refractivity (Wildman–Crippen MR) is 118 cm³/mol. The number of ketones is 1. The topological polar surface area (TPSA) is 118 Å². The first-order valence-electron chi connectivity index (χ1n) is 8.47. The second-order valence-corrected chi connectivity index (χ2v) is 7.96. The fourth-order valence-electron chi connectivity index (χ4n) is 2.94. The van der Waals surface area contributed by atoms with Gasteiger partial charge in [0.25, 0.3) is 11.7 Å². The highest BCUT2D eigenvalue weighted by Crippen LogP contribution is 2.23. The number of carbonyl (C=O) groups excluding carboxylic acids is 2. The Kier molecular flexibility index (Phi) is 6.33. The van der Waals surface area contributed by atoms with Crippen LogP contribution in [0.3, 0.4) is 0 Å². The first-order valence-corrected chi connectivity index (χ1v) is 10.1. The third kappa shape index (κ3) is 4.35. The number of carbonyl (C=O) groups is 2. The molecule has 0 radical (unpaired) electrons. The smallest absolute Gasteiger partial charge is 0.289 e. The molecule has 0 unspecified atom stereocenters. The molecule has 8 heteroatoms. The number of H-pyrrole nitrogens is 2. The number of nitrogens with one attached hydrogen (secondary N) is 2. The van der Waals surface area contributed by atoms with Crippen LogP contribution in [-0.4, -0.2) is 28.2 Å². The number of hydrogen-bond donors (Lipinski definition) is 4. The molecule has 1 amide bonds. The zero-order valence-corrected chi connectivity index (χ0v) is 17.9. The van der Waals surface area contributed by atoms with Crippen molar-refractivity contribution in [1.29, 1.82) is 0 Å². The number of aromatic nitrogens is 2. The standard InChI is InChI=1S/C10H7BrN2O2.C10H11BrN2/c11-5-1-2-6-7(9(14)10(12)15)4-13-8(6)3-5;11-8-1-2-9-7(3-4-12)6-13-10(9)5-8/h1-4,13H,(H2,12,15);1-2,5-6,13H,3-4,12H2. The van der Waals surface area contributed by atoms with Crippen molar-refractivity contribution in [2.24, 2.45) is 11.5 Å². The predicted octanol–water partition coefficient (Wildman–Crippen LogP) is 4.03. The summed E-state index contributed by atoms with van der Waals surface area (Å²) < 4.78 is 2.00. The molecule has 0 aliphatic heterocycles. The second kappa shape index (κ2) is 8.72. The SMILES string of the molecule is NC(=O)C(=O)c1c[nH]c2cc(Br)ccc12.NCCc1c[nH]c2cc(Br)ccc12. The Bertz CT molecular complexity index is 1160. The minimum absolute atomic E-state index is 0.310. The van der Waals surface area contributed by atoms with Crippen LogP contribution in [-0.2, 0) is 11.2 Å². The molecule has 4 rings (SSSR count). The monoisotopic (exact) mass is 504 g/mol. The molecule has 0 aliphatic rings. The van der Waals surface area contributed by atoms with Crippen LogP contribution in [0.25, 0.3) is 21.8 Å². The molecular formula is C20H18Br2N4O2. The van der Waals surface area contributed by atoms with Gasteiger partial charge in [-0.15, -0.1) is 0 Å². The van der Waals surface area contributed by atoms with E-state index in [1.54, 1.807) is 12.1 Å². The Morgan fingerprint density at radius 2 is 1.46 bits per heavy atom. The number of amides is 1. The summed E-state index contributed by atoms with van der Waals surface area (Å²) in [6.45, 7) is 0.697. The van der Waals surface area contributed by atoms with Gasteiger partial charge in [-0.1, -0.05) is 44.0 Å². The third-order valence-corrected chi connectivity index (χ3v) is 5.24. The number of benzene rings is 2. The van der Waals surface area contributed by atoms with Gasteiger partial charge in [-0.2, -0.15) is 0 Å². The number of halogens is 2. The summed E-state index contributed by atoms with van der Waals surface area (Å²) in [5.74, 6) is -1.62. The van der Waals surface area contributed by atoms with Gasteiger partial charge in [0.1, 0.15) is 0 Å². The Morgan fingerprint density at radius 3 is 2.07 bits per heavy atom. The Labute approximate surface area is 177 Å². The van der Waals surface area contributed by atoms with E-state index in [0.717, 1.165) is 26.4 Å². The van der Waals surface area contributed by atoms with Gasteiger partial charge in [-0.3, -0.25) is 9.59 Å². The Morgan fingerprint density at radius 1 is 0.893 bits per heavy atom. The fourth-order valence-corrected chi connectivity index (χ4v) is 3.66. The van der Waals surface area contributed by atoms with E-state index in [9.17, 15) is 9.59 Å². The zero-order chi connectivity index (χ0) is 20.3. The van der Waals surface area contributed by atoms with Crippen LogP contribution in [0.5, 0.6) is 0 Å². The average Bonchev–Trinajstić information content (AvgIpc) is 3.25. The maximum atomic E-state index is 11.4. The molecule has 0 spiro atoms. The molecule has 0 atom stereocenters. The molecule has 0 bridgehead atoms. The van der Waals surface area contributed by atoms with Crippen molar-refractivity contribution in [3.63, 3.8) is 0 Å². The highest BCUT2D eigenvalue weighted by atomic mass is 79.9. The lowest BCUT2D eigenvalue weighted by Crippen LogP contribution is -2.22.